The average Bonchev–Trinajstić information content (AvgIpc) is 2.59. The van der Waals surface area contributed by atoms with Crippen LogP contribution in [0.3, 0.4) is 0 Å². The Bertz CT molecular complexity index is 1060. The van der Waals surface area contributed by atoms with E-state index in [9.17, 15) is 9.59 Å². The molecule has 4 rings (SSSR count). The normalized spacial score (nSPS) is 12.9. The van der Waals surface area contributed by atoms with E-state index in [1.807, 2.05) is 6.07 Å². The Morgan fingerprint density at radius 2 is 1.46 bits per heavy atom. The van der Waals surface area contributed by atoms with Crippen LogP contribution in [0.15, 0.2) is 54.8 Å². The summed E-state index contributed by atoms with van der Waals surface area (Å²) < 4.78 is 21.7. The van der Waals surface area contributed by atoms with Crippen molar-refractivity contribution in [2.24, 2.45) is 0 Å². The lowest BCUT2D eigenvalue weighted by atomic mass is 9.84. The fourth-order valence-corrected chi connectivity index (χ4v) is 3.29. The summed E-state index contributed by atoms with van der Waals surface area (Å²) in [6.45, 7) is 3.34. The Labute approximate surface area is 148 Å². The lowest BCUT2D eigenvalue weighted by Gasteiger charge is -2.26. The molecule has 0 bridgehead atoms. The summed E-state index contributed by atoms with van der Waals surface area (Å²) in [5.41, 5.74) is 0.166. The highest BCUT2D eigenvalue weighted by Crippen LogP contribution is 2.45. The van der Waals surface area contributed by atoms with E-state index in [1.165, 1.54) is 0 Å². The van der Waals surface area contributed by atoms with Gasteiger partial charge in [-0.3, -0.25) is 0 Å². The summed E-state index contributed by atoms with van der Waals surface area (Å²) >= 11 is 0. The molecule has 0 spiro atoms. The number of aryl methyl sites for hydroxylation is 2. The monoisotopic (exact) mass is 352 g/mol. The molecule has 2 aromatic heterocycles. The zero-order valence-corrected chi connectivity index (χ0v) is 14.5. The summed E-state index contributed by atoms with van der Waals surface area (Å²) in [6, 6.07) is 10.5. The smallest absolute Gasteiger partial charge is 0.343 e. The topological polar surface area (TPSA) is 78.9 Å². The van der Waals surface area contributed by atoms with E-state index in [2.05, 4.69) is 0 Å². The minimum Gasteiger partial charge on any atom is -0.497 e. The van der Waals surface area contributed by atoms with Crippen LogP contribution in [0, 0.1) is 13.8 Å². The number of fused-ring (bicyclic) bond motifs is 2. The van der Waals surface area contributed by atoms with Gasteiger partial charge in [0.05, 0.1) is 24.2 Å². The molecule has 0 fully saturated rings. The van der Waals surface area contributed by atoms with E-state index in [1.54, 1.807) is 51.3 Å². The molecule has 132 valence electrons. The van der Waals surface area contributed by atoms with Crippen molar-refractivity contribution >= 4 is 0 Å². The number of ether oxygens (including phenoxy) is 2. The van der Waals surface area contributed by atoms with Crippen molar-refractivity contribution in [1.29, 1.82) is 0 Å². The standard InChI is InChI=1S/C20H16O6/c1-10-7-14-17(19(21)24-10)16(12-5-4-6-13(9-12)23-3)18-15(26-14)8-11(2)25-20(18)22/h4-9,16H,1-3H3. The molecule has 6 heteroatoms. The highest BCUT2D eigenvalue weighted by atomic mass is 16.5. The third-order valence-electron chi connectivity index (χ3n) is 4.37. The number of hydrogen-bond acceptors (Lipinski definition) is 6. The van der Waals surface area contributed by atoms with Crippen LogP contribution in [0.25, 0.3) is 0 Å². The van der Waals surface area contributed by atoms with Gasteiger partial charge in [-0.1, -0.05) is 12.1 Å². The van der Waals surface area contributed by atoms with E-state index in [-0.39, 0.29) is 11.1 Å². The van der Waals surface area contributed by atoms with E-state index in [0.29, 0.717) is 34.3 Å². The third kappa shape index (κ3) is 2.50. The van der Waals surface area contributed by atoms with Crippen LogP contribution < -0.4 is 20.7 Å². The Hall–Kier alpha value is -3.28. The number of methoxy groups -OCH3 is 1. The summed E-state index contributed by atoms with van der Waals surface area (Å²) in [5.74, 6) is 1.57. The van der Waals surface area contributed by atoms with Crippen molar-refractivity contribution in [3.8, 4) is 17.2 Å². The first-order valence-electron chi connectivity index (χ1n) is 8.09. The van der Waals surface area contributed by atoms with Crippen LogP contribution in [-0.2, 0) is 0 Å². The molecule has 0 saturated heterocycles. The van der Waals surface area contributed by atoms with Gasteiger partial charge in [-0.2, -0.15) is 0 Å². The molecule has 0 atom stereocenters. The average molecular weight is 352 g/mol. The third-order valence-corrected chi connectivity index (χ3v) is 4.37. The first-order valence-corrected chi connectivity index (χ1v) is 8.09. The van der Waals surface area contributed by atoms with Crippen LogP contribution in [-0.4, -0.2) is 7.11 Å². The molecule has 0 saturated carbocycles. The maximum atomic E-state index is 12.6. The van der Waals surface area contributed by atoms with Gasteiger partial charge in [0.25, 0.3) is 0 Å². The minimum atomic E-state index is -0.669. The Morgan fingerprint density at radius 3 is 2.00 bits per heavy atom. The van der Waals surface area contributed by atoms with Gasteiger partial charge in [0, 0.05) is 12.1 Å². The van der Waals surface area contributed by atoms with Crippen molar-refractivity contribution in [2.75, 3.05) is 7.11 Å². The van der Waals surface area contributed by atoms with Gasteiger partial charge in [0.2, 0.25) is 0 Å². The van der Waals surface area contributed by atoms with Gasteiger partial charge >= 0.3 is 11.3 Å². The fourth-order valence-electron chi connectivity index (χ4n) is 3.29. The predicted molar refractivity (Wildman–Crippen MR) is 93.4 cm³/mol. The first-order chi connectivity index (χ1) is 12.5. The second-order valence-corrected chi connectivity index (χ2v) is 6.16. The summed E-state index contributed by atoms with van der Waals surface area (Å²) in [7, 11) is 1.56. The molecule has 1 aromatic carbocycles. The second-order valence-electron chi connectivity index (χ2n) is 6.16. The summed E-state index contributed by atoms with van der Waals surface area (Å²) in [5, 5.41) is 0. The fraction of sp³-hybridized carbons (Fsp3) is 0.200. The molecule has 0 unspecified atom stereocenters. The maximum Gasteiger partial charge on any atom is 0.343 e. The Morgan fingerprint density at radius 1 is 0.885 bits per heavy atom. The molecule has 3 aromatic rings. The largest absolute Gasteiger partial charge is 0.497 e. The van der Waals surface area contributed by atoms with Gasteiger partial charge in [0.1, 0.15) is 28.8 Å². The van der Waals surface area contributed by atoms with Gasteiger partial charge in [-0.25, -0.2) is 9.59 Å². The van der Waals surface area contributed by atoms with E-state index in [0.717, 1.165) is 0 Å². The quantitative estimate of drug-likeness (QED) is 0.549. The van der Waals surface area contributed by atoms with Gasteiger partial charge in [0.15, 0.2) is 0 Å². The zero-order chi connectivity index (χ0) is 18.4. The molecule has 0 N–H and O–H groups in total. The Balaban J connectivity index is 2.07. The molecular formula is C20H16O6. The van der Waals surface area contributed by atoms with Crippen molar-refractivity contribution in [3.63, 3.8) is 0 Å². The molecule has 6 nitrogen and oxygen atoms in total. The lowest BCUT2D eigenvalue weighted by molar-refractivity contribution is 0.388. The van der Waals surface area contributed by atoms with Crippen molar-refractivity contribution < 1.29 is 18.3 Å². The molecule has 0 amide bonds. The number of hydrogen-bond donors (Lipinski definition) is 0. The van der Waals surface area contributed by atoms with Crippen molar-refractivity contribution in [2.45, 2.75) is 19.8 Å². The number of benzene rings is 1. The molecular weight excluding hydrogens is 336 g/mol. The minimum absolute atomic E-state index is 0.271. The van der Waals surface area contributed by atoms with Crippen LogP contribution in [0.1, 0.15) is 34.1 Å². The van der Waals surface area contributed by atoms with E-state index >= 15 is 0 Å². The van der Waals surface area contributed by atoms with Crippen LogP contribution >= 0.6 is 0 Å². The number of rotatable bonds is 2. The first kappa shape index (κ1) is 16.2. The molecule has 0 aliphatic carbocycles. The van der Waals surface area contributed by atoms with Crippen molar-refractivity contribution in [1.82, 2.24) is 0 Å². The van der Waals surface area contributed by atoms with Crippen LogP contribution in [0.5, 0.6) is 17.2 Å². The summed E-state index contributed by atoms with van der Waals surface area (Å²) in [6.07, 6.45) is 0. The van der Waals surface area contributed by atoms with Gasteiger partial charge in [-0.05, 0) is 31.5 Å². The predicted octanol–water partition coefficient (Wildman–Crippen LogP) is 3.50. The SMILES string of the molecule is COc1cccc(C2c3c(cc(C)oc3=O)Oc3cc(C)oc(=O)c32)c1. The molecule has 0 radical (unpaired) electrons. The van der Waals surface area contributed by atoms with Crippen LogP contribution in [0.2, 0.25) is 0 Å². The molecule has 1 aliphatic heterocycles. The highest BCUT2D eigenvalue weighted by Gasteiger charge is 2.36. The highest BCUT2D eigenvalue weighted by molar-refractivity contribution is 5.57. The van der Waals surface area contributed by atoms with Gasteiger partial charge < -0.3 is 18.3 Å². The Kier molecular flexibility index (Phi) is 3.68. The van der Waals surface area contributed by atoms with Crippen molar-refractivity contribution in [3.05, 3.63) is 85.4 Å². The maximum absolute atomic E-state index is 12.6. The van der Waals surface area contributed by atoms with E-state index in [4.69, 9.17) is 18.3 Å². The molecule has 26 heavy (non-hydrogen) atoms. The molecule has 1 aliphatic rings. The van der Waals surface area contributed by atoms with Gasteiger partial charge in [-0.15, -0.1) is 0 Å². The molecule has 3 heterocycles. The zero-order valence-electron chi connectivity index (χ0n) is 14.5. The second kappa shape index (κ2) is 5.91. The lowest BCUT2D eigenvalue weighted by Crippen LogP contribution is -2.26. The van der Waals surface area contributed by atoms with Crippen LogP contribution in [0.4, 0.5) is 0 Å². The van der Waals surface area contributed by atoms with E-state index < -0.39 is 17.2 Å². The summed E-state index contributed by atoms with van der Waals surface area (Å²) in [4.78, 5) is 25.2.